The molecule has 1 aliphatic heterocycles. The molecule has 1 saturated heterocycles. The van der Waals surface area contributed by atoms with Crippen LogP contribution in [0.15, 0.2) is 54.7 Å². The molecule has 5 nitrogen and oxygen atoms in total. The predicted molar refractivity (Wildman–Crippen MR) is 125 cm³/mol. The fraction of sp³-hybridized carbons (Fsp3) is 0.292. The summed E-state index contributed by atoms with van der Waals surface area (Å²) < 4.78 is 0. The number of aryl methyl sites for hydroxylation is 1. The summed E-state index contributed by atoms with van der Waals surface area (Å²) in [5, 5.41) is 3.51. The molecule has 5 rings (SSSR count). The van der Waals surface area contributed by atoms with Crippen LogP contribution in [0.3, 0.4) is 0 Å². The standard InChI is InChI=1S/C24H25N5S/c1-16-22(21-10-12-25-24(27-21)29-13-11-20(15-29)28(2)3)30-23(26-16)19-9-8-17-6-4-5-7-18(17)14-19/h4-10,12,14,20H,11,13,15H2,1-3H3/t20-/m1/s1. The van der Waals surface area contributed by atoms with Crippen molar-refractivity contribution in [2.75, 3.05) is 32.1 Å². The Morgan fingerprint density at radius 1 is 1.03 bits per heavy atom. The lowest BCUT2D eigenvalue weighted by atomic mass is 10.1. The van der Waals surface area contributed by atoms with Gasteiger partial charge in [0.15, 0.2) is 0 Å². The highest BCUT2D eigenvalue weighted by atomic mass is 32.1. The molecule has 1 fully saturated rings. The minimum atomic E-state index is 0.557. The Labute approximate surface area is 181 Å². The van der Waals surface area contributed by atoms with Gasteiger partial charge in [0, 0.05) is 30.9 Å². The van der Waals surface area contributed by atoms with Gasteiger partial charge in [0.05, 0.1) is 16.3 Å². The number of thiazole rings is 1. The molecule has 0 unspecified atom stereocenters. The number of rotatable bonds is 4. The number of likely N-dealkylation sites (N-methyl/N-ethyl adjacent to an activating group) is 1. The first-order valence-electron chi connectivity index (χ1n) is 10.3. The van der Waals surface area contributed by atoms with Gasteiger partial charge in [-0.2, -0.15) is 0 Å². The molecule has 0 radical (unpaired) electrons. The molecule has 1 atom stereocenters. The molecule has 0 bridgehead atoms. The van der Waals surface area contributed by atoms with Crippen LogP contribution >= 0.6 is 11.3 Å². The Bertz CT molecular complexity index is 1200. The van der Waals surface area contributed by atoms with Gasteiger partial charge in [-0.15, -0.1) is 11.3 Å². The summed E-state index contributed by atoms with van der Waals surface area (Å²) >= 11 is 1.70. The Hall–Kier alpha value is -2.83. The van der Waals surface area contributed by atoms with E-state index in [0.717, 1.165) is 52.3 Å². The van der Waals surface area contributed by atoms with Gasteiger partial charge in [0.25, 0.3) is 0 Å². The highest BCUT2D eigenvalue weighted by Gasteiger charge is 2.26. The smallest absolute Gasteiger partial charge is 0.225 e. The van der Waals surface area contributed by atoms with Gasteiger partial charge in [-0.1, -0.05) is 36.4 Å². The fourth-order valence-corrected chi connectivity index (χ4v) is 5.08. The number of hydrogen-bond acceptors (Lipinski definition) is 6. The van der Waals surface area contributed by atoms with Crippen LogP contribution in [0.5, 0.6) is 0 Å². The van der Waals surface area contributed by atoms with Crippen molar-refractivity contribution in [3.8, 4) is 21.1 Å². The summed E-state index contributed by atoms with van der Waals surface area (Å²) in [7, 11) is 4.28. The molecule has 152 valence electrons. The van der Waals surface area contributed by atoms with Gasteiger partial charge in [0.1, 0.15) is 5.01 Å². The molecule has 2 aromatic heterocycles. The summed E-state index contributed by atoms with van der Waals surface area (Å²) in [6.07, 6.45) is 3.02. The summed E-state index contributed by atoms with van der Waals surface area (Å²) in [6.45, 7) is 4.03. The van der Waals surface area contributed by atoms with Crippen molar-refractivity contribution in [1.29, 1.82) is 0 Å². The van der Waals surface area contributed by atoms with Crippen molar-refractivity contribution in [2.45, 2.75) is 19.4 Å². The molecule has 3 heterocycles. The molecule has 0 N–H and O–H groups in total. The number of hydrogen-bond donors (Lipinski definition) is 0. The molecule has 30 heavy (non-hydrogen) atoms. The van der Waals surface area contributed by atoms with Crippen molar-refractivity contribution in [2.24, 2.45) is 0 Å². The monoisotopic (exact) mass is 415 g/mol. The fourth-order valence-electron chi connectivity index (χ4n) is 4.05. The van der Waals surface area contributed by atoms with Crippen LogP contribution in [0.2, 0.25) is 0 Å². The van der Waals surface area contributed by atoms with Gasteiger partial charge in [-0.05, 0) is 50.3 Å². The molecular formula is C24H25N5S. The lowest BCUT2D eigenvalue weighted by Crippen LogP contribution is -2.32. The highest BCUT2D eigenvalue weighted by molar-refractivity contribution is 7.18. The van der Waals surface area contributed by atoms with Crippen molar-refractivity contribution < 1.29 is 0 Å². The molecule has 0 aliphatic carbocycles. The second kappa shape index (κ2) is 7.78. The van der Waals surface area contributed by atoms with Crippen LogP contribution in [-0.2, 0) is 0 Å². The third kappa shape index (κ3) is 3.57. The van der Waals surface area contributed by atoms with Gasteiger partial charge < -0.3 is 9.80 Å². The average molecular weight is 416 g/mol. The summed E-state index contributed by atoms with van der Waals surface area (Å²) in [5.41, 5.74) is 3.12. The molecular weight excluding hydrogens is 390 g/mol. The normalized spacial score (nSPS) is 16.7. The Morgan fingerprint density at radius 2 is 1.87 bits per heavy atom. The van der Waals surface area contributed by atoms with Crippen molar-refractivity contribution in [3.63, 3.8) is 0 Å². The molecule has 0 spiro atoms. The zero-order valence-electron chi connectivity index (χ0n) is 17.5. The van der Waals surface area contributed by atoms with E-state index in [1.165, 1.54) is 10.8 Å². The lowest BCUT2D eigenvalue weighted by Gasteiger charge is -2.20. The van der Waals surface area contributed by atoms with Crippen LogP contribution in [0.25, 0.3) is 31.9 Å². The molecule has 1 aliphatic rings. The Balaban J connectivity index is 1.46. The third-order valence-corrected chi connectivity index (χ3v) is 7.07. The first-order valence-corrected chi connectivity index (χ1v) is 11.1. The lowest BCUT2D eigenvalue weighted by molar-refractivity contribution is 0.315. The van der Waals surface area contributed by atoms with Gasteiger partial charge >= 0.3 is 0 Å². The maximum absolute atomic E-state index is 4.90. The zero-order valence-corrected chi connectivity index (χ0v) is 18.4. The Kier molecular flexibility index (Phi) is 4.97. The number of benzene rings is 2. The van der Waals surface area contributed by atoms with Crippen LogP contribution < -0.4 is 4.90 Å². The summed E-state index contributed by atoms with van der Waals surface area (Å²) in [4.78, 5) is 20.0. The van der Waals surface area contributed by atoms with E-state index in [2.05, 4.69) is 78.3 Å². The minimum absolute atomic E-state index is 0.557. The van der Waals surface area contributed by atoms with E-state index in [-0.39, 0.29) is 0 Å². The number of aromatic nitrogens is 3. The SMILES string of the molecule is Cc1nc(-c2ccc3ccccc3c2)sc1-c1ccnc(N2CC[C@@H](N(C)C)C2)n1. The first-order chi connectivity index (χ1) is 14.6. The van der Waals surface area contributed by atoms with Crippen LogP contribution in [-0.4, -0.2) is 53.1 Å². The predicted octanol–water partition coefficient (Wildman–Crippen LogP) is 4.87. The Morgan fingerprint density at radius 3 is 2.67 bits per heavy atom. The van der Waals surface area contributed by atoms with E-state index in [1.807, 2.05) is 12.3 Å². The van der Waals surface area contributed by atoms with Crippen LogP contribution in [0.4, 0.5) is 5.95 Å². The highest BCUT2D eigenvalue weighted by Crippen LogP contribution is 2.36. The third-order valence-electron chi connectivity index (χ3n) is 5.85. The molecule has 4 aromatic rings. The molecule has 0 saturated carbocycles. The second-order valence-corrected chi connectivity index (χ2v) is 9.09. The maximum atomic E-state index is 4.90. The minimum Gasteiger partial charge on any atom is -0.339 e. The molecule has 2 aromatic carbocycles. The van der Waals surface area contributed by atoms with E-state index < -0.39 is 0 Å². The maximum Gasteiger partial charge on any atom is 0.225 e. The number of nitrogens with zero attached hydrogens (tertiary/aromatic N) is 5. The first kappa shape index (κ1) is 19.2. The van der Waals surface area contributed by atoms with Crippen LogP contribution in [0, 0.1) is 6.92 Å². The van der Waals surface area contributed by atoms with Gasteiger partial charge in [-0.25, -0.2) is 15.0 Å². The number of fused-ring (bicyclic) bond motifs is 1. The van der Waals surface area contributed by atoms with Gasteiger partial charge in [0.2, 0.25) is 5.95 Å². The van der Waals surface area contributed by atoms with E-state index in [4.69, 9.17) is 9.97 Å². The van der Waals surface area contributed by atoms with E-state index in [0.29, 0.717) is 6.04 Å². The van der Waals surface area contributed by atoms with Crippen molar-refractivity contribution in [3.05, 3.63) is 60.4 Å². The van der Waals surface area contributed by atoms with Crippen LogP contribution in [0.1, 0.15) is 12.1 Å². The zero-order chi connectivity index (χ0) is 20.7. The summed E-state index contributed by atoms with van der Waals surface area (Å²) in [5.74, 6) is 0.817. The number of anilines is 1. The van der Waals surface area contributed by atoms with E-state index in [1.54, 1.807) is 11.3 Å². The van der Waals surface area contributed by atoms with E-state index >= 15 is 0 Å². The van der Waals surface area contributed by atoms with Gasteiger partial charge in [-0.3, -0.25) is 0 Å². The van der Waals surface area contributed by atoms with Crippen molar-refractivity contribution >= 4 is 28.1 Å². The largest absolute Gasteiger partial charge is 0.339 e. The quantitative estimate of drug-likeness (QED) is 0.476. The van der Waals surface area contributed by atoms with E-state index in [9.17, 15) is 0 Å². The second-order valence-electron chi connectivity index (χ2n) is 8.09. The van der Waals surface area contributed by atoms with Crippen molar-refractivity contribution in [1.82, 2.24) is 19.9 Å². The molecule has 0 amide bonds. The molecule has 6 heteroatoms. The average Bonchev–Trinajstić information content (AvgIpc) is 3.41. The summed E-state index contributed by atoms with van der Waals surface area (Å²) in [6, 6.07) is 17.5. The topological polar surface area (TPSA) is 45.2 Å².